The lowest BCUT2D eigenvalue weighted by Crippen LogP contribution is -2.47. The highest BCUT2D eigenvalue weighted by Gasteiger charge is 2.27. The fraction of sp³-hybridized carbons (Fsp3) is 0.538. The van der Waals surface area contributed by atoms with Crippen LogP contribution >= 0.6 is 0 Å². The number of hydrogen-bond acceptors (Lipinski definition) is 1. The summed E-state index contributed by atoms with van der Waals surface area (Å²) in [7, 11) is 6.91. The highest BCUT2D eigenvalue weighted by Crippen LogP contribution is 2.25. The SMILES string of the molecule is C[N+](C)(C)C1CCc2ccccc2C1.[OH-]. The second-order valence-corrected chi connectivity index (χ2v) is 5.28. The first-order valence-corrected chi connectivity index (χ1v) is 5.45. The summed E-state index contributed by atoms with van der Waals surface area (Å²) in [6.45, 7) is 0. The van der Waals surface area contributed by atoms with Gasteiger partial charge in [-0.2, -0.15) is 0 Å². The summed E-state index contributed by atoms with van der Waals surface area (Å²) in [4.78, 5) is 0. The minimum absolute atomic E-state index is 0. The molecule has 1 aromatic rings. The van der Waals surface area contributed by atoms with Crippen LogP contribution in [0.4, 0.5) is 0 Å². The van der Waals surface area contributed by atoms with Crippen molar-refractivity contribution >= 4 is 0 Å². The maximum absolute atomic E-state index is 2.30. The van der Waals surface area contributed by atoms with Crippen LogP contribution in [-0.4, -0.2) is 37.1 Å². The highest BCUT2D eigenvalue weighted by atomic mass is 16.0. The number of fused-ring (bicyclic) bond motifs is 1. The maximum atomic E-state index is 2.30. The quantitative estimate of drug-likeness (QED) is 0.648. The molecule has 2 heteroatoms. The molecule has 1 aliphatic carbocycles. The summed E-state index contributed by atoms with van der Waals surface area (Å²) in [5.74, 6) is 0. The van der Waals surface area contributed by atoms with Crippen LogP contribution in [0.15, 0.2) is 24.3 Å². The lowest BCUT2D eigenvalue weighted by molar-refractivity contribution is -0.896. The van der Waals surface area contributed by atoms with Gasteiger partial charge in [0, 0.05) is 12.8 Å². The molecule has 0 aliphatic heterocycles. The molecule has 1 aromatic carbocycles. The Morgan fingerprint density at radius 2 is 1.67 bits per heavy atom. The number of benzene rings is 1. The number of rotatable bonds is 1. The molecular formula is C13H21NO. The number of aryl methyl sites for hydroxylation is 1. The van der Waals surface area contributed by atoms with Gasteiger partial charge in [-0.3, -0.25) is 0 Å². The molecule has 0 radical (unpaired) electrons. The van der Waals surface area contributed by atoms with E-state index in [2.05, 4.69) is 45.4 Å². The Morgan fingerprint density at radius 1 is 1.07 bits per heavy atom. The van der Waals surface area contributed by atoms with Crippen LogP contribution in [0.3, 0.4) is 0 Å². The van der Waals surface area contributed by atoms with E-state index in [1.54, 1.807) is 11.1 Å². The highest BCUT2D eigenvalue weighted by molar-refractivity contribution is 5.29. The lowest BCUT2D eigenvalue weighted by Gasteiger charge is -2.37. The minimum Gasteiger partial charge on any atom is -0.870 e. The van der Waals surface area contributed by atoms with Crippen molar-refractivity contribution in [3.05, 3.63) is 35.4 Å². The summed E-state index contributed by atoms with van der Waals surface area (Å²) in [6, 6.07) is 9.69. The molecule has 2 nitrogen and oxygen atoms in total. The molecule has 0 amide bonds. The van der Waals surface area contributed by atoms with E-state index in [4.69, 9.17) is 0 Å². The average Bonchev–Trinajstić information content (AvgIpc) is 2.16. The molecular weight excluding hydrogens is 186 g/mol. The lowest BCUT2D eigenvalue weighted by atomic mass is 9.87. The van der Waals surface area contributed by atoms with Crippen molar-refractivity contribution < 1.29 is 9.96 Å². The van der Waals surface area contributed by atoms with Crippen LogP contribution in [0.2, 0.25) is 0 Å². The fourth-order valence-electron chi connectivity index (χ4n) is 2.34. The van der Waals surface area contributed by atoms with E-state index < -0.39 is 0 Å². The molecule has 0 saturated carbocycles. The van der Waals surface area contributed by atoms with Gasteiger partial charge < -0.3 is 9.96 Å². The van der Waals surface area contributed by atoms with Gasteiger partial charge in [-0.05, 0) is 17.5 Å². The van der Waals surface area contributed by atoms with Crippen molar-refractivity contribution in [3.63, 3.8) is 0 Å². The molecule has 1 atom stereocenters. The van der Waals surface area contributed by atoms with E-state index in [1.807, 2.05) is 0 Å². The van der Waals surface area contributed by atoms with Crippen molar-refractivity contribution in [1.82, 2.24) is 0 Å². The maximum Gasteiger partial charge on any atom is 0.0928 e. The standard InChI is InChI=1S/C13H20N.H2O/c1-14(2,3)13-9-8-11-6-4-5-7-12(11)10-13;/h4-7,13H,8-10H2,1-3H3;1H2/q+1;/p-1. The molecule has 15 heavy (non-hydrogen) atoms. The van der Waals surface area contributed by atoms with Gasteiger partial charge in [0.15, 0.2) is 0 Å². The van der Waals surface area contributed by atoms with Gasteiger partial charge >= 0.3 is 0 Å². The second-order valence-electron chi connectivity index (χ2n) is 5.28. The third kappa shape index (κ3) is 2.58. The Balaban J connectivity index is 0.00000112. The first-order valence-electron chi connectivity index (χ1n) is 5.45. The van der Waals surface area contributed by atoms with Crippen LogP contribution < -0.4 is 0 Å². The number of quaternary nitrogens is 1. The van der Waals surface area contributed by atoms with E-state index in [0.717, 1.165) is 10.5 Å². The third-order valence-electron chi connectivity index (χ3n) is 3.42. The van der Waals surface area contributed by atoms with Crippen LogP contribution in [0.5, 0.6) is 0 Å². The van der Waals surface area contributed by atoms with E-state index >= 15 is 0 Å². The summed E-state index contributed by atoms with van der Waals surface area (Å²) in [6.07, 6.45) is 3.84. The second kappa shape index (κ2) is 4.33. The Hall–Kier alpha value is -0.860. The van der Waals surface area contributed by atoms with Gasteiger partial charge in [-0.25, -0.2) is 0 Å². The topological polar surface area (TPSA) is 30.0 Å². The minimum atomic E-state index is 0. The van der Waals surface area contributed by atoms with Crippen LogP contribution in [0.25, 0.3) is 0 Å². The summed E-state index contributed by atoms with van der Waals surface area (Å²) in [5, 5.41) is 0. The summed E-state index contributed by atoms with van der Waals surface area (Å²) >= 11 is 0. The van der Waals surface area contributed by atoms with E-state index in [1.165, 1.54) is 19.3 Å². The Bertz CT molecular complexity index is 328. The first kappa shape index (κ1) is 12.2. The first-order chi connectivity index (χ1) is 6.57. The normalized spacial score (nSPS) is 20.3. The van der Waals surface area contributed by atoms with Gasteiger partial charge in [0.25, 0.3) is 0 Å². The van der Waals surface area contributed by atoms with Crippen LogP contribution in [-0.2, 0) is 12.8 Å². The van der Waals surface area contributed by atoms with Crippen LogP contribution in [0.1, 0.15) is 17.5 Å². The zero-order chi connectivity index (χ0) is 10.2. The number of hydrogen-bond donors (Lipinski definition) is 0. The Kier molecular flexibility index (Phi) is 3.53. The molecule has 0 heterocycles. The van der Waals surface area contributed by atoms with Crippen molar-refractivity contribution in [3.8, 4) is 0 Å². The monoisotopic (exact) mass is 207 g/mol. The van der Waals surface area contributed by atoms with Gasteiger partial charge in [-0.1, -0.05) is 24.3 Å². The zero-order valence-corrected chi connectivity index (χ0v) is 9.90. The zero-order valence-electron chi connectivity index (χ0n) is 9.90. The number of likely N-dealkylation sites (N-methyl/N-ethyl adjacent to an activating group) is 1. The predicted octanol–water partition coefficient (Wildman–Crippen LogP) is 2.07. The fourth-order valence-corrected chi connectivity index (χ4v) is 2.34. The predicted molar refractivity (Wildman–Crippen MR) is 62.2 cm³/mol. The number of nitrogens with zero attached hydrogens (tertiary/aromatic N) is 1. The van der Waals surface area contributed by atoms with E-state index in [0.29, 0.717) is 0 Å². The van der Waals surface area contributed by atoms with Gasteiger partial charge in [-0.15, -0.1) is 0 Å². The molecule has 84 valence electrons. The van der Waals surface area contributed by atoms with Crippen molar-refractivity contribution in [2.45, 2.75) is 25.3 Å². The third-order valence-corrected chi connectivity index (χ3v) is 3.42. The molecule has 1 aliphatic rings. The Morgan fingerprint density at radius 3 is 2.27 bits per heavy atom. The molecule has 1 N–H and O–H groups in total. The molecule has 0 spiro atoms. The van der Waals surface area contributed by atoms with Gasteiger partial charge in [0.1, 0.15) is 0 Å². The van der Waals surface area contributed by atoms with Crippen molar-refractivity contribution in [1.29, 1.82) is 0 Å². The van der Waals surface area contributed by atoms with Crippen LogP contribution in [0, 0.1) is 0 Å². The van der Waals surface area contributed by atoms with E-state index in [9.17, 15) is 0 Å². The van der Waals surface area contributed by atoms with Crippen molar-refractivity contribution in [2.75, 3.05) is 21.1 Å². The molecule has 0 saturated heterocycles. The molecule has 2 rings (SSSR count). The Labute approximate surface area is 92.4 Å². The van der Waals surface area contributed by atoms with Gasteiger partial charge in [0.05, 0.1) is 27.2 Å². The smallest absolute Gasteiger partial charge is 0.0928 e. The summed E-state index contributed by atoms with van der Waals surface area (Å²) < 4.78 is 1.09. The molecule has 0 fully saturated rings. The molecule has 0 aromatic heterocycles. The summed E-state index contributed by atoms with van der Waals surface area (Å²) in [5.41, 5.74) is 3.13. The van der Waals surface area contributed by atoms with Gasteiger partial charge in [0.2, 0.25) is 0 Å². The largest absolute Gasteiger partial charge is 0.870 e. The average molecular weight is 207 g/mol. The van der Waals surface area contributed by atoms with E-state index in [-0.39, 0.29) is 5.48 Å². The van der Waals surface area contributed by atoms with Crippen molar-refractivity contribution in [2.24, 2.45) is 0 Å². The molecule has 1 unspecified atom stereocenters. The molecule has 0 bridgehead atoms.